The second-order valence-electron chi connectivity index (χ2n) is 5.02. The number of fused-ring (bicyclic) bond motifs is 1. The van der Waals surface area contributed by atoms with Gasteiger partial charge in [-0.2, -0.15) is 0 Å². The van der Waals surface area contributed by atoms with Gasteiger partial charge in [0.25, 0.3) is 0 Å². The Labute approximate surface area is 130 Å². The highest BCUT2D eigenvalue weighted by Crippen LogP contribution is 2.22. The van der Waals surface area contributed by atoms with Crippen LogP contribution in [0.1, 0.15) is 47.4 Å². The van der Waals surface area contributed by atoms with E-state index < -0.39 is 11.9 Å². The molecule has 22 heavy (non-hydrogen) atoms. The van der Waals surface area contributed by atoms with Gasteiger partial charge in [-0.05, 0) is 35.7 Å². The van der Waals surface area contributed by atoms with Gasteiger partial charge < -0.3 is 9.47 Å². The Kier molecular flexibility index (Phi) is 5.53. The summed E-state index contributed by atoms with van der Waals surface area (Å²) in [4.78, 5) is 24.4. The predicted octanol–water partition coefficient (Wildman–Crippen LogP) is 3.97. The highest BCUT2D eigenvalue weighted by Gasteiger charge is 2.20. The SMILES string of the molecule is CCCOC(=O)c1cc2ccccc2cc1C(=O)OCCC. The molecule has 4 nitrogen and oxygen atoms in total. The highest BCUT2D eigenvalue weighted by molar-refractivity contribution is 6.07. The fourth-order valence-corrected chi connectivity index (χ4v) is 2.12. The smallest absolute Gasteiger partial charge is 0.339 e. The van der Waals surface area contributed by atoms with Gasteiger partial charge in [-0.3, -0.25) is 0 Å². The molecule has 0 atom stereocenters. The average molecular weight is 300 g/mol. The molecule has 0 N–H and O–H groups in total. The third kappa shape index (κ3) is 3.64. The van der Waals surface area contributed by atoms with E-state index in [2.05, 4.69) is 0 Å². The number of benzene rings is 2. The van der Waals surface area contributed by atoms with Gasteiger partial charge in [0, 0.05) is 0 Å². The lowest BCUT2D eigenvalue weighted by atomic mass is 10.0. The van der Waals surface area contributed by atoms with Gasteiger partial charge in [-0.25, -0.2) is 9.59 Å². The van der Waals surface area contributed by atoms with Gasteiger partial charge in [-0.15, -0.1) is 0 Å². The van der Waals surface area contributed by atoms with E-state index in [4.69, 9.17) is 9.47 Å². The first kappa shape index (κ1) is 16.0. The van der Waals surface area contributed by atoms with Gasteiger partial charge in [0.05, 0.1) is 24.3 Å². The molecule has 0 aromatic heterocycles. The molecule has 2 rings (SSSR count). The first-order chi connectivity index (χ1) is 10.7. The lowest BCUT2D eigenvalue weighted by Gasteiger charge is -2.11. The standard InChI is InChI=1S/C18H20O4/c1-3-9-21-17(19)15-11-13-7-5-6-8-14(13)12-16(15)18(20)22-10-4-2/h5-8,11-12H,3-4,9-10H2,1-2H3. The van der Waals surface area contributed by atoms with Crippen molar-refractivity contribution in [2.45, 2.75) is 26.7 Å². The zero-order chi connectivity index (χ0) is 15.9. The fourth-order valence-electron chi connectivity index (χ4n) is 2.12. The molecule has 4 heteroatoms. The molecule has 0 aliphatic carbocycles. The normalized spacial score (nSPS) is 10.5. The van der Waals surface area contributed by atoms with Crippen molar-refractivity contribution in [1.29, 1.82) is 0 Å². The molecule has 0 aliphatic rings. The zero-order valence-corrected chi connectivity index (χ0v) is 12.9. The van der Waals surface area contributed by atoms with E-state index in [1.165, 1.54) is 0 Å². The molecular weight excluding hydrogens is 280 g/mol. The van der Waals surface area contributed by atoms with Crippen molar-refractivity contribution in [2.75, 3.05) is 13.2 Å². The van der Waals surface area contributed by atoms with Crippen LogP contribution >= 0.6 is 0 Å². The average Bonchev–Trinajstić information content (AvgIpc) is 2.56. The molecule has 0 saturated carbocycles. The van der Waals surface area contributed by atoms with Crippen molar-refractivity contribution in [3.05, 3.63) is 47.5 Å². The van der Waals surface area contributed by atoms with E-state index in [0.717, 1.165) is 23.6 Å². The predicted molar refractivity (Wildman–Crippen MR) is 85.1 cm³/mol. The van der Waals surface area contributed by atoms with Crippen molar-refractivity contribution >= 4 is 22.7 Å². The van der Waals surface area contributed by atoms with Crippen LogP contribution in [0, 0.1) is 0 Å². The molecule has 0 radical (unpaired) electrons. The van der Waals surface area contributed by atoms with Crippen molar-refractivity contribution in [3.63, 3.8) is 0 Å². The molecular formula is C18H20O4. The van der Waals surface area contributed by atoms with Crippen molar-refractivity contribution in [2.24, 2.45) is 0 Å². The van der Waals surface area contributed by atoms with Crippen LogP contribution in [0.3, 0.4) is 0 Å². The maximum atomic E-state index is 12.2. The molecule has 0 heterocycles. The second kappa shape index (κ2) is 7.59. The molecule has 0 bridgehead atoms. The summed E-state index contributed by atoms with van der Waals surface area (Å²) in [6.45, 7) is 4.50. The lowest BCUT2D eigenvalue weighted by molar-refractivity contribution is 0.0458. The monoisotopic (exact) mass is 300 g/mol. The summed E-state index contributed by atoms with van der Waals surface area (Å²) < 4.78 is 10.3. The van der Waals surface area contributed by atoms with E-state index in [9.17, 15) is 9.59 Å². The van der Waals surface area contributed by atoms with Crippen molar-refractivity contribution < 1.29 is 19.1 Å². The number of carbonyl (C=O) groups is 2. The van der Waals surface area contributed by atoms with Gasteiger partial charge >= 0.3 is 11.9 Å². The molecule has 0 unspecified atom stereocenters. The van der Waals surface area contributed by atoms with Gasteiger partial charge in [0.15, 0.2) is 0 Å². The van der Waals surface area contributed by atoms with Crippen LogP contribution in [-0.4, -0.2) is 25.2 Å². The number of hydrogen-bond donors (Lipinski definition) is 0. The van der Waals surface area contributed by atoms with Crippen LogP contribution in [0.4, 0.5) is 0 Å². The first-order valence-electron chi connectivity index (χ1n) is 7.54. The highest BCUT2D eigenvalue weighted by atomic mass is 16.5. The van der Waals surface area contributed by atoms with Gasteiger partial charge in [-0.1, -0.05) is 38.1 Å². The largest absolute Gasteiger partial charge is 0.462 e. The second-order valence-corrected chi connectivity index (χ2v) is 5.02. The number of hydrogen-bond acceptors (Lipinski definition) is 4. The summed E-state index contributed by atoms with van der Waals surface area (Å²) in [6, 6.07) is 10.9. The van der Waals surface area contributed by atoms with E-state index in [-0.39, 0.29) is 11.1 Å². The summed E-state index contributed by atoms with van der Waals surface area (Å²) in [5.74, 6) is -0.980. The Morgan fingerprint density at radius 1 is 0.818 bits per heavy atom. The quantitative estimate of drug-likeness (QED) is 0.757. The minimum absolute atomic E-state index is 0.258. The van der Waals surface area contributed by atoms with Crippen LogP contribution in [0.5, 0.6) is 0 Å². The Hall–Kier alpha value is -2.36. The summed E-state index contributed by atoms with van der Waals surface area (Å²) in [5.41, 5.74) is 0.515. The molecule has 0 saturated heterocycles. The van der Waals surface area contributed by atoms with E-state index in [1.807, 2.05) is 38.1 Å². The van der Waals surface area contributed by atoms with Crippen LogP contribution in [0.25, 0.3) is 10.8 Å². The lowest BCUT2D eigenvalue weighted by Crippen LogP contribution is -2.15. The molecule has 2 aromatic carbocycles. The van der Waals surface area contributed by atoms with Crippen molar-refractivity contribution in [1.82, 2.24) is 0 Å². The molecule has 2 aromatic rings. The summed E-state index contributed by atoms with van der Waals surface area (Å²) >= 11 is 0. The zero-order valence-electron chi connectivity index (χ0n) is 12.9. The Balaban J connectivity index is 2.45. The topological polar surface area (TPSA) is 52.6 Å². The third-order valence-electron chi connectivity index (χ3n) is 3.20. The minimum Gasteiger partial charge on any atom is -0.462 e. The van der Waals surface area contributed by atoms with E-state index >= 15 is 0 Å². The number of rotatable bonds is 6. The number of ether oxygens (including phenoxy) is 2. The minimum atomic E-state index is -0.490. The maximum Gasteiger partial charge on any atom is 0.339 e. The molecule has 0 fully saturated rings. The first-order valence-corrected chi connectivity index (χ1v) is 7.54. The maximum absolute atomic E-state index is 12.2. The molecule has 0 amide bonds. The fraction of sp³-hybridized carbons (Fsp3) is 0.333. The number of esters is 2. The Bertz CT molecular complexity index is 617. The van der Waals surface area contributed by atoms with Crippen molar-refractivity contribution in [3.8, 4) is 0 Å². The number of carbonyl (C=O) groups excluding carboxylic acids is 2. The van der Waals surface area contributed by atoms with Crippen LogP contribution in [0.15, 0.2) is 36.4 Å². The summed E-state index contributed by atoms with van der Waals surface area (Å²) in [5, 5.41) is 1.77. The summed E-state index contributed by atoms with van der Waals surface area (Å²) in [7, 11) is 0. The Morgan fingerprint density at radius 3 is 1.59 bits per heavy atom. The van der Waals surface area contributed by atoms with Gasteiger partial charge in [0.1, 0.15) is 0 Å². The van der Waals surface area contributed by atoms with E-state index in [0.29, 0.717) is 13.2 Å². The third-order valence-corrected chi connectivity index (χ3v) is 3.20. The molecule has 116 valence electrons. The van der Waals surface area contributed by atoms with E-state index in [1.54, 1.807) is 12.1 Å². The molecule has 0 aliphatic heterocycles. The van der Waals surface area contributed by atoms with Crippen LogP contribution in [-0.2, 0) is 9.47 Å². The molecule has 0 spiro atoms. The van der Waals surface area contributed by atoms with Gasteiger partial charge in [0.2, 0.25) is 0 Å². The van der Waals surface area contributed by atoms with Crippen LogP contribution in [0.2, 0.25) is 0 Å². The van der Waals surface area contributed by atoms with Crippen LogP contribution < -0.4 is 0 Å². The summed E-state index contributed by atoms with van der Waals surface area (Å²) in [6.07, 6.45) is 1.46. The Morgan fingerprint density at radius 2 is 1.23 bits per heavy atom.